The van der Waals surface area contributed by atoms with Crippen molar-refractivity contribution in [1.82, 2.24) is 0 Å². The van der Waals surface area contributed by atoms with Crippen LogP contribution in [-0.4, -0.2) is 24.7 Å². The molecule has 18 heavy (non-hydrogen) atoms. The largest absolute Gasteiger partial charge is 0.389 e. The van der Waals surface area contributed by atoms with Crippen molar-refractivity contribution in [1.29, 1.82) is 0 Å². The quantitative estimate of drug-likeness (QED) is 0.597. The molecule has 0 aliphatic heterocycles. The molecule has 0 spiro atoms. The van der Waals surface area contributed by atoms with Gasteiger partial charge in [0.05, 0.1) is 17.2 Å². The predicted molar refractivity (Wildman–Crippen MR) is 81.5 cm³/mol. The average Bonchev–Trinajstić information content (AvgIpc) is 2.27. The van der Waals surface area contributed by atoms with Gasteiger partial charge in [0.2, 0.25) is 0 Å². The molecule has 0 saturated carbocycles. The van der Waals surface area contributed by atoms with Gasteiger partial charge in [0, 0.05) is 18.8 Å². The second kappa shape index (κ2) is 7.56. The Balaban J connectivity index is 2.52. The van der Waals surface area contributed by atoms with E-state index in [0.717, 1.165) is 12.3 Å². The van der Waals surface area contributed by atoms with Gasteiger partial charge < -0.3 is 15.8 Å². The molecule has 3 N–H and O–H groups in total. The minimum Gasteiger partial charge on any atom is -0.389 e. The minimum absolute atomic E-state index is 0.297. The van der Waals surface area contributed by atoms with Crippen molar-refractivity contribution < 1.29 is 4.74 Å². The van der Waals surface area contributed by atoms with Gasteiger partial charge in [0.15, 0.2) is 0 Å². The Morgan fingerprint density at radius 3 is 2.83 bits per heavy atom. The summed E-state index contributed by atoms with van der Waals surface area (Å²) in [5.74, 6) is 0.545. The molecule has 100 valence electrons. The zero-order valence-corrected chi connectivity index (χ0v) is 12.3. The van der Waals surface area contributed by atoms with E-state index in [1.807, 2.05) is 12.1 Å². The second-order valence-corrected chi connectivity index (χ2v) is 5.27. The standard InChI is InChI=1S/C13H19ClN2OS/c1-9(2)8-17-7-6-16-11-5-3-4-10(14)12(11)13(15)18/h3-5,9,16H,6-8H2,1-2H3,(H2,15,18). The van der Waals surface area contributed by atoms with Crippen LogP contribution in [0.4, 0.5) is 5.69 Å². The molecule has 0 amide bonds. The molecule has 0 fully saturated rings. The molecule has 0 saturated heterocycles. The van der Waals surface area contributed by atoms with E-state index >= 15 is 0 Å². The molecule has 0 aliphatic carbocycles. The summed E-state index contributed by atoms with van der Waals surface area (Å²) in [5.41, 5.74) is 7.20. The number of nitrogens with two attached hydrogens (primary N) is 1. The van der Waals surface area contributed by atoms with Crippen LogP contribution in [-0.2, 0) is 4.74 Å². The Morgan fingerprint density at radius 1 is 1.50 bits per heavy atom. The highest BCUT2D eigenvalue weighted by atomic mass is 35.5. The van der Waals surface area contributed by atoms with Crippen molar-refractivity contribution in [3.63, 3.8) is 0 Å². The van der Waals surface area contributed by atoms with Crippen LogP contribution < -0.4 is 11.1 Å². The molecule has 0 aliphatic rings. The third-order valence-electron chi connectivity index (χ3n) is 2.27. The molecule has 0 atom stereocenters. The van der Waals surface area contributed by atoms with Crippen LogP contribution in [0.15, 0.2) is 18.2 Å². The Bertz CT molecular complexity index is 410. The Kier molecular flexibility index (Phi) is 6.39. The Morgan fingerprint density at radius 2 is 2.22 bits per heavy atom. The van der Waals surface area contributed by atoms with E-state index in [1.54, 1.807) is 6.07 Å². The third kappa shape index (κ3) is 4.80. The SMILES string of the molecule is CC(C)COCCNc1cccc(Cl)c1C(N)=S. The van der Waals surface area contributed by atoms with Crippen LogP contribution in [0.3, 0.4) is 0 Å². The summed E-state index contributed by atoms with van der Waals surface area (Å²) in [4.78, 5) is 0.297. The van der Waals surface area contributed by atoms with E-state index in [0.29, 0.717) is 34.6 Å². The average molecular weight is 287 g/mol. The smallest absolute Gasteiger partial charge is 0.107 e. The van der Waals surface area contributed by atoms with Crippen molar-refractivity contribution in [3.8, 4) is 0 Å². The fraction of sp³-hybridized carbons (Fsp3) is 0.462. The van der Waals surface area contributed by atoms with E-state index in [9.17, 15) is 0 Å². The first kappa shape index (κ1) is 15.2. The summed E-state index contributed by atoms with van der Waals surface area (Å²) in [6.45, 7) is 6.34. The Hall–Kier alpha value is -0.840. The van der Waals surface area contributed by atoms with Gasteiger partial charge in [-0.25, -0.2) is 0 Å². The van der Waals surface area contributed by atoms with Gasteiger partial charge in [-0.3, -0.25) is 0 Å². The lowest BCUT2D eigenvalue weighted by molar-refractivity contribution is 0.118. The number of benzene rings is 1. The number of hydrogen-bond donors (Lipinski definition) is 2. The maximum atomic E-state index is 6.07. The summed E-state index contributed by atoms with van der Waals surface area (Å²) >= 11 is 11.1. The topological polar surface area (TPSA) is 47.3 Å². The second-order valence-electron chi connectivity index (χ2n) is 4.42. The van der Waals surface area contributed by atoms with Gasteiger partial charge in [0.25, 0.3) is 0 Å². The fourth-order valence-corrected chi connectivity index (χ4v) is 2.05. The maximum absolute atomic E-state index is 6.07. The van der Waals surface area contributed by atoms with Crippen molar-refractivity contribution in [2.24, 2.45) is 11.7 Å². The lowest BCUT2D eigenvalue weighted by atomic mass is 10.1. The fourth-order valence-electron chi connectivity index (χ4n) is 1.50. The summed E-state index contributed by atoms with van der Waals surface area (Å²) in [5, 5.41) is 3.80. The number of rotatable bonds is 7. The first-order valence-corrected chi connectivity index (χ1v) is 6.71. The molecule has 1 aromatic rings. The van der Waals surface area contributed by atoms with Crippen LogP contribution in [0.2, 0.25) is 5.02 Å². The van der Waals surface area contributed by atoms with Crippen LogP contribution in [0.1, 0.15) is 19.4 Å². The van der Waals surface area contributed by atoms with Gasteiger partial charge in [-0.1, -0.05) is 43.7 Å². The van der Waals surface area contributed by atoms with Crippen molar-refractivity contribution in [3.05, 3.63) is 28.8 Å². The summed E-state index contributed by atoms with van der Waals surface area (Å²) in [6.07, 6.45) is 0. The lowest BCUT2D eigenvalue weighted by Gasteiger charge is -2.13. The summed E-state index contributed by atoms with van der Waals surface area (Å²) in [6, 6.07) is 5.54. The number of nitrogens with one attached hydrogen (secondary N) is 1. The molecule has 0 bridgehead atoms. The van der Waals surface area contributed by atoms with Crippen LogP contribution in [0.5, 0.6) is 0 Å². The number of thiocarbonyl (C=S) groups is 1. The highest BCUT2D eigenvalue weighted by molar-refractivity contribution is 7.80. The molecular formula is C13H19ClN2OS. The van der Waals surface area contributed by atoms with Crippen molar-refractivity contribution in [2.75, 3.05) is 25.1 Å². The molecule has 1 rings (SSSR count). The molecule has 0 unspecified atom stereocenters. The molecule has 0 aromatic heterocycles. The van der Waals surface area contributed by atoms with Gasteiger partial charge in [0.1, 0.15) is 4.99 Å². The van der Waals surface area contributed by atoms with Crippen LogP contribution in [0.25, 0.3) is 0 Å². The lowest BCUT2D eigenvalue weighted by Crippen LogP contribution is -2.17. The zero-order chi connectivity index (χ0) is 13.5. The van der Waals surface area contributed by atoms with Gasteiger partial charge >= 0.3 is 0 Å². The number of hydrogen-bond acceptors (Lipinski definition) is 3. The summed E-state index contributed by atoms with van der Waals surface area (Å²) < 4.78 is 5.49. The number of ether oxygens (including phenoxy) is 1. The Labute approximate surface area is 119 Å². The van der Waals surface area contributed by atoms with Crippen molar-refractivity contribution >= 4 is 34.5 Å². The van der Waals surface area contributed by atoms with E-state index in [-0.39, 0.29) is 0 Å². The molecule has 5 heteroatoms. The molecule has 0 heterocycles. The van der Waals surface area contributed by atoms with E-state index < -0.39 is 0 Å². The summed E-state index contributed by atoms with van der Waals surface area (Å²) in [7, 11) is 0. The monoisotopic (exact) mass is 286 g/mol. The number of anilines is 1. The van der Waals surface area contributed by atoms with E-state index in [1.165, 1.54) is 0 Å². The van der Waals surface area contributed by atoms with Crippen molar-refractivity contribution in [2.45, 2.75) is 13.8 Å². The van der Waals surface area contributed by atoms with Crippen LogP contribution in [0, 0.1) is 5.92 Å². The minimum atomic E-state index is 0.297. The van der Waals surface area contributed by atoms with E-state index in [4.69, 9.17) is 34.3 Å². The molecular weight excluding hydrogens is 268 g/mol. The molecule has 3 nitrogen and oxygen atoms in total. The number of halogens is 1. The first-order valence-electron chi connectivity index (χ1n) is 5.92. The van der Waals surface area contributed by atoms with E-state index in [2.05, 4.69) is 19.2 Å². The zero-order valence-electron chi connectivity index (χ0n) is 10.7. The maximum Gasteiger partial charge on any atom is 0.107 e. The molecule has 1 aromatic carbocycles. The highest BCUT2D eigenvalue weighted by Crippen LogP contribution is 2.23. The normalized spacial score (nSPS) is 10.7. The first-order chi connectivity index (χ1) is 8.52. The van der Waals surface area contributed by atoms with Gasteiger partial charge in [-0.15, -0.1) is 0 Å². The highest BCUT2D eigenvalue weighted by Gasteiger charge is 2.08. The third-order valence-corrected chi connectivity index (χ3v) is 2.79. The van der Waals surface area contributed by atoms with Gasteiger partial charge in [-0.05, 0) is 18.1 Å². The predicted octanol–water partition coefficient (Wildman–Crippen LogP) is 3.06. The van der Waals surface area contributed by atoms with Gasteiger partial charge in [-0.2, -0.15) is 0 Å². The molecule has 0 radical (unpaired) electrons. The van der Waals surface area contributed by atoms with Crippen LogP contribution >= 0.6 is 23.8 Å².